The molecular weight excluding hydrogens is 621 g/mol. The van der Waals surface area contributed by atoms with Crippen LogP contribution in [0.4, 0.5) is 11.4 Å². The van der Waals surface area contributed by atoms with E-state index < -0.39 is 0 Å². The van der Waals surface area contributed by atoms with E-state index in [1.54, 1.807) is 6.07 Å². The second kappa shape index (κ2) is 12.9. The van der Waals surface area contributed by atoms with Gasteiger partial charge in [0.1, 0.15) is 5.75 Å². The van der Waals surface area contributed by atoms with Crippen LogP contribution in [0.15, 0.2) is 194 Å². The summed E-state index contributed by atoms with van der Waals surface area (Å²) in [6, 6.07) is 67.7. The average molecular weight is 655 g/mol. The molecule has 3 heteroatoms. The summed E-state index contributed by atoms with van der Waals surface area (Å²) in [5.41, 5.74) is 14.5. The lowest BCUT2D eigenvalue weighted by molar-refractivity contribution is 0.477. The molecule has 0 amide bonds. The number of benzene rings is 8. The zero-order valence-electron chi connectivity index (χ0n) is 27.9. The predicted octanol–water partition coefficient (Wildman–Crippen LogP) is 12.9. The van der Waals surface area contributed by atoms with Gasteiger partial charge in [0.2, 0.25) is 0 Å². The molecule has 0 bridgehead atoms. The SMILES string of the molecule is Oc1ccccc1-c1cccc(-c2ccc(Nc3ccc(-c4ccc(-c5ccc6c(c5)c5ccccc5n6-c5ccccc5)cc4)cc3)cc2)c1. The Morgan fingerprint density at radius 3 is 1.55 bits per heavy atom. The van der Waals surface area contributed by atoms with Gasteiger partial charge in [0.05, 0.1) is 11.0 Å². The molecule has 9 rings (SSSR count). The highest BCUT2D eigenvalue weighted by molar-refractivity contribution is 6.10. The van der Waals surface area contributed by atoms with E-state index in [1.165, 1.54) is 49.7 Å². The third kappa shape index (κ3) is 5.81. The number of rotatable bonds is 7. The highest BCUT2D eigenvalue weighted by atomic mass is 16.3. The quantitative estimate of drug-likeness (QED) is 0.179. The lowest BCUT2D eigenvalue weighted by Gasteiger charge is -2.11. The number of phenolic OH excluding ortho intramolecular Hbond substituents is 1. The maximum atomic E-state index is 10.3. The monoisotopic (exact) mass is 654 g/mol. The Morgan fingerprint density at radius 1 is 0.353 bits per heavy atom. The van der Waals surface area contributed by atoms with E-state index in [0.29, 0.717) is 0 Å². The van der Waals surface area contributed by atoms with Gasteiger partial charge in [-0.25, -0.2) is 0 Å². The van der Waals surface area contributed by atoms with Crippen molar-refractivity contribution in [3.8, 4) is 55.9 Å². The van der Waals surface area contributed by atoms with Crippen LogP contribution < -0.4 is 5.32 Å². The van der Waals surface area contributed by atoms with Crippen molar-refractivity contribution in [2.24, 2.45) is 0 Å². The zero-order chi connectivity index (χ0) is 34.1. The molecule has 9 aromatic rings. The minimum atomic E-state index is 0.287. The minimum Gasteiger partial charge on any atom is -0.507 e. The first-order valence-corrected chi connectivity index (χ1v) is 17.2. The van der Waals surface area contributed by atoms with E-state index in [4.69, 9.17) is 0 Å². The van der Waals surface area contributed by atoms with E-state index in [-0.39, 0.29) is 5.75 Å². The van der Waals surface area contributed by atoms with E-state index in [2.05, 4.69) is 168 Å². The first kappa shape index (κ1) is 30.2. The Balaban J connectivity index is 0.912. The van der Waals surface area contributed by atoms with Crippen LogP contribution in [0, 0.1) is 0 Å². The van der Waals surface area contributed by atoms with Crippen LogP contribution in [0.5, 0.6) is 5.75 Å². The van der Waals surface area contributed by atoms with Gasteiger partial charge in [0.15, 0.2) is 0 Å². The summed E-state index contributed by atoms with van der Waals surface area (Å²) >= 11 is 0. The number of para-hydroxylation sites is 3. The number of fused-ring (bicyclic) bond motifs is 3. The molecule has 1 aromatic heterocycles. The van der Waals surface area contributed by atoms with Gasteiger partial charge >= 0.3 is 0 Å². The van der Waals surface area contributed by atoms with Crippen LogP contribution in [0.3, 0.4) is 0 Å². The Hall–Kier alpha value is -6.84. The number of aromatic hydroxyl groups is 1. The maximum Gasteiger partial charge on any atom is 0.123 e. The second-order valence-electron chi connectivity index (χ2n) is 12.9. The number of nitrogens with zero attached hydrogens (tertiary/aromatic N) is 1. The van der Waals surface area contributed by atoms with Crippen molar-refractivity contribution in [1.29, 1.82) is 0 Å². The molecular formula is C48H34N2O. The Labute approximate surface area is 297 Å². The highest BCUT2D eigenvalue weighted by Crippen LogP contribution is 2.36. The molecule has 0 aliphatic heterocycles. The van der Waals surface area contributed by atoms with Crippen LogP contribution in [-0.4, -0.2) is 9.67 Å². The number of anilines is 2. The third-order valence-electron chi connectivity index (χ3n) is 9.71. The van der Waals surface area contributed by atoms with Gasteiger partial charge < -0.3 is 15.0 Å². The van der Waals surface area contributed by atoms with Gasteiger partial charge in [-0.2, -0.15) is 0 Å². The molecule has 0 saturated heterocycles. The van der Waals surface area contributed by atoms with Gasteiger partial charge in [-0.1, -0.05) is 127 Å². The van der Waals surface area contributed by atoms with Gasteiger partial charge in [-0.3, -0.25) is 0 Å². The molecule has 8 aromatic carbocycles. The first-order chi connectivity index (χ1) is 25.2. The average Bonchev–Trinajstić information content (AvgIpc) is 3.53. The Kier molecular flexibility index (Phi) is 7.64. The number of phenols is 1. The lowest BCUT2D eigenvalue weighted by atomic mass is 9.98. The number of hydrogen-bond donors (Lipinski definition) is 2. The van der Waals surface area contributed by atoms with E-state index >= 15 is 0 Å². The molecule has 0 atom stereocenters. The minimum absolute atomic E-state index is 0.287. The van der Waals surface area contributed by atoms with Crippen molar-refractivity contribution in [2.45, 2.75) is 0 Å². The summed E-state index contributed by atoms with van der Waals surface area (Å²) in [7, 11) is 0. The zero-order valence-corrected chi connectivity index (χ0v) is 27.9. The Morgan fingerprint density at radius 2 is 0.863 bits per heavy atom. The molecule has 0 aliphatic carbocycles. The second-order valence-corrected chi connectivity index (χ2v) is 12.9. The maximum absolute atomic E-state index is 10.3. The van der Waals surface area contributed by atoms with Crippen molar-refractivity contribution in [3.63, 3.8) is 0 Å². The van der Waals surface area contributed by atoms with Crippen molar-refractivity contribution in [2.75, 3.05) is 5.32 Å². The molecule has 0 saturated carbocycles. The van der Waals surface area contributed by atoms with Gasteiger partial charge in [-0.15, -0.1) is 0 Å². The summed E-state index contributed by atoms with van der Waals surface area (Å²) < 4.78 is 2.35. The van der Waals surface area contributed by atoms with Crippen molar-refractivity contribution >= 4 is 33.2 Å². The van der Waals surface area contributed by atoms with E-state index in [1.807, 2.05) is 30.3 Å². The predicted molar refractivity (Wildman–Crippen MR) is 214 cm³/mol. The number of aromatic nitrogens is 1. The largest absolute Gasteiger partial charge is 0.507 e. The van der Waals surface area contributed by atoms with Crippen LogP contribution in [0.2, 0.25) is 0 Å². The van der Waals surface area contributed by atoms with Crippen molar-refractivity contribution in [1.82, 2.24) is 4.57 Å². The fourth-order valence-corrected chi connectivity index (χ4v) is 7.11. The molecule has 1 heterocycles. The summed E-state index contributed by atoms with van der Waals surface area (Å²) in [6.07, 6.45) is 0. The molecule has 0 spiro atoms. The first-order valence-electron chi connectivity index (χ1n) is 17.2. The normalized spacial score (nSPS) is 11.2. The fourth-order valence-electron chi connectivity index (χ4n) is 7.11. The van der Waals surface area contributed by atoms with E-state index in [9.17, 15) is 5.11 Å². The molecule has 2 N–H and O–H groups in total. The van der Waals surface area contributed by atoms with Crippen LogP contribution in [0.25, 0.3) is 72.0 Å². The summed E-state index contributed by atoms with van der Waals surface area (Å²) in [4.78, 5) is 0. The molecule has 3 nitrogen and oxygen atoms in total. The Bertz CT molecular complexity index is 2640. The van der Waals surface area contributed by atoms with Crippen molar-refractivity contribution < 1.29 is 5.11 Å². The smallest absolute Gasteiger partial charge is 0.123 e. The summed E-state index contributed by atoms with van der Waals surface area (Å²) in [5, 5.41) is 16.4. The van der Waals surface area contributed by atoms with Crippen LogP contribution in [-0.2, 0) is 0 Å². The lowest BCUT2D eigenvalue weighted by Crippen LogP contribution is -1.92. The van der Waals surface area contributed by atoms with E-state index in [0.717, 1.165) is 33.6 Å². The molecule has 0 aliphatic rings. The van der Waals surface area contributed by atoms with Crippen LogP contribution in [0.1, 0.15) is 0 Å². The van der Waals surface area contributed by atoms with Crippen molar-refractivity contribution in [3.05, 3.63) is 194 Å². The molecule has 242 valence electrons. The topological polar surface area (TPSA) is 37.2 Å². The fraction of sp³-hybridized carbons (Fsp3) is 0. The third-order valence-corrected chi connectivity index (χ3v) is 9.71. The molecule has 0 unspecified atom stereocenters. The summed E-state index contributed by atoms with van der Waals surface area (Å²) in [6.45, 7) is 0. The molecule has 0 radical (unpaired) electrons. The number of hydrogen-bond acceptors (Lipinski definition) is 2. The highest BCUT2D eigenvalue weighted by Gasteiger charge is 2.13. The number of nitrogens with one attached hydrogen (secondary N) is 1. The summed E-state index contributed by atoms with van der Waals surface area (Å²) in [5.74, 6) is 0.287. The van der Waals surface area contributed by atoms with Gasteiger partial charge in [0.25, 0.3) is 0 Å². The van der Waals surface area contributed by atoms with Gasteiger partial charge in [-0.05, 0) is 106 Å². The molecule has 51 heavy (non-hydrogen) atoms. The molecule has 0 fully saturated rings. The van der Waals surface area contributed by atoms with Gasteiger partial charge in [0, 0.05) is 33.4 Å². The standard InChI is InChI=1S/C48H34N2O/c51-48-16-7-5-13-43(48)39-10-8-9-37(31-39)36-23-28-41(29-24-36)49-40-26-21-34(22-27-40)33-17-19-35(20-18-33)38-25-30-47-45(32-38)44-14-4-6-15-46(44)50(47)42-11-2-1-3-12-42/h1-32,49,51H. The van der Waals surface area contributed by atoms with Crippen LogP contribution >= 0.6 is 0 Å².